The van der Waals surface area contributed by atoms with E-state index in [9.17, 15) is 8.42 Å². The van der Waals surface area contributed by atoms with E-state index in [1.54, 1.807) is 6.07 Å². The van der Waals surface area contributed by atoms with Crippen LogP contribution < -0.4 is 9.21 Å². The second-order valence-corrected chi connectivity index (χ2v) is 9.30. The van der Waals surface area contributed by atoms with Gasteiger partial charge in [0, 0.05) is 30.3 Å². The van der Waals surface area contributed by atoms with Gasteiger partial charge in [0.25, 0.3) is 10.0 Å². The van der Waals surface area contributed by atoms with Crippen molar-refractivity contribution in [2.75, 3.05) is 42.1 Å². The first-order valence-corrected chi connectivity index (χ1v) is 11.5. The van der Waals surface area contributed by atoms with E-state index in [2.05, 4.69) is 4.90 Å². The third-order valence-electron chi connectivity index (χ3n) is 4.69. The van der Waals surface area contributed by atoms with Crippen molar-refractivity contribution in [3.63, 3.8) is 0 Å². The highest BCUT2D eigenvalue weighted by molar-refractivity contribution is 7.93. The van der Waals surface area contributed by atoms with Crippen LogP contribution in [0.2, 0.25) is 10.0 Å². The SMILES string of the molecule is CCCCN(c1ccc(N2CCOCC2)cc1)S(=O)(=O)c1cc(Cl)ccc1Cl. The lowest BCUT2D eigenvalue weighted by atomic mass is 10.2. The molecule has 8 heteroatoms. The number of hydrogen-bond donors (Lipinski definition) is 0. The van der Waals surface area contributed by atoms with Crippen LogP contribution in [-0.4, -0.2) is 41.3 Å². The van der Waals surface area contributed by atoms with Gasteiger partial charge < -0.3 is 9.64 Å². The van der Waals surface area contributed by atoms with Crippen LogP contribution in [0.15, 0.2) is 47.4 Å². The van der Waals surface area contributed by atoms with Gasteiger partial charge in [-0.2, -0.15) is 0 Å². The summed E-state index contributed by atoms with van der Waals surface area (Å²) in [4.78, 5) is 2.25. The van der Waals surface area contributed by atoms with E-state index >= 15 is 0 Å². The summed E-state index contributed by atoms with van der Waals surface area (Å²) >= 11 is 12.2. The molecule has 0 atom stereocenters. The first-order valence-electron chi connectivity index (χ1n) is 9.34. The van der Waals surface area contributed by atoms with Gasteiger partial charge in [0.1, 0.15) is 4.90 Å². The zero-order chi connectivity index (χ0) is 20.1. The molecule has 1 aliphatic heterocycles. The number of sulfonamides is 1. The number of unbranched alkanes of at least 4 members (excludes halogenated alkanes) is 1. The maximum absolute atomic E-state index is 13.4. The summed E-state index contributed by atoms with van der Waals surface area (Å²) in [5.74, 6) is 0. The second kappa shape index (κ2) is 9.35. The van der Waals surface area contributed by atoms with E-state index in [-0.39, 0.29) is 9.92 Å². The average molecular weight is 443 g/mol. The number of rotatable bonds is 7. The molecule has 2 aromatic rings. The molecule has 1 fully saturated rings. The summed E-state index contributed by atoms with van der Waals surface area (Å²) in [5, 5.41) is 0.497. The normalized spacial score (nSPS) is 14.9. The summed E-state index contributed by atoms with van der Waals surface area (Å²) < 4.78 is 33.5. The molecule has 1 aliphatic rings. The Labute approximate surface area is 176 Å². The lowest BCUT2D eigenvalue weighted by Gasteiger charge is -2.30. The Bertz CT molecular complexity index is 898. The van der Waals surface area contributed by atoms with Crippen molar-refractivity contribution in [1.82, 2.24) is 0 Å². The zero-order valence-electron chi connectivity index (χ0n) is 15.8. The predicted molar refractivity (Wildman–Crippen MR) is 115 cm³/mol. The topological polar surface area (TPSA) is 49.9 Å². The van der Waals surface area contributed by atoms with Crippen molar-refractivity contribution < 1.29 is 13.2 Å². The molecule has 0 N–H and O–H groups in total. The van der Waals surface area contributed by atoms with Gasteiger partial charge in [-0.15, -0.1) is 0 Å². The largest absolute Gasteiger partial charge is 0.378 e. The Morgan fingerprint density at radius 2 is 1.75 bits per heavy atom. The molecule has 152 valence electrons. The van der Waals surface area contributed by atoms with E-state index in [1.165, 1.54) is 16.4 Å². The molecular formula is C20H24Cl2N2O3S. The van der Waals surface area contributed by atoms with Crippen LogP contribution in [0, 0.1) is 0 Å². The Hall–Kier alpha value is -1.47. The molecule has 2 aromatic carbocycles. The van der Waals surface area contributed by atoms with Crippen LogP contribution in [0.5, 0.6) is 0 Å². The second-order valence-electron chi connectivity index (χ2n) is 6.62. The molecule has 3 rings (SSSR count). The van der Waals surface area contributed by atoms with E-state index in [0.29, 0.717) is 30.5 Å². The standard InChI is InChI=1S/C20H24Cl2N2O3S/c1-2-3-10-24(28(25,26)20-15-16(21)4-9-19(20)22)18-7-5-17(6-8-18)23-11-13-27-14-12-23/h4-9,15H,2-3,10-14H2,1H3. The van der Waals surface area contributed by atoms with Gasteiger partial charge in [-0.25, -0.2) is 8.42 Å². The third-order valence-corrected chi connectivity index (χ3v) is 7.23. The Balaban J connectivity index is 1.94. The van der Waals surface area contributed by atoms with Crippen molar-refractivity contribution in [1.29, 1.82) is 0 Å². The lowest BCUT2D eigenvalue weighted by Crippen LogP contribution is -2.36. The monoisotopic (exact) mass is 442 g/mol. The van der Waals surface area contributed by atoms with Gasteiger partial charge in [0.2, 0.25) is 0 Å². The van der Waals surface area contributed by atoms with E-state index < -0.39 is 10.0 Å². The highest BCUT2D eigenvalue weighted by Gasteiger charge is 2.27. The van der Waals surface area contributed by atoms with Gasteiger partial charge in [-0.3, -0.25) is 4.31 Å². The van der Waals surface area contributed by atoms with Crippen LogP contribution in [0.25, 0.3) is 0 Å². The smallest absolute Gasteiger partial charge is 0.265 e. The van der Waals surface area contributed by atoms with Gasteiger partial charge in [0.05, 0.1) is 23.9 Å². The molecule has 0 bridgehead atoms. The van der Waals surface area contributed by atoms with Gasteiger partial charge in [0.15, 0.2) is 0 Å². The molecule has 0 radical (unpaired) electrons. The van der Waals surface area contributed by atoms with E-state index in [1.807, 2.05) is 31.2 Å². The molecule has 1 saturated heterocycles. The molecule has 0 aliphatic carbocycles. The minimum Gasteiger partial charge on any atom is -0.378 e. The molecule has 0 saturated carbocycles. The quantitative estimate of drug-likeness (QED) is 0.616. The third kappa shape index (κ3) is 4.74. The molecule has 5 nitrogen and oxygen atoms in total. The van der Waals surface area contributed by atoms with Crippen LogP contribution in [0.3, 0.4) is 0 Å². The minimum atomic E-state index is -3.83. The highest BCUT2D eigenvalue weighted by Crippen LogP contribution is 2.32. The van der Waals surface area contributed by atoms with Crippen molar-refractivity contribution in [3.8, 4) is 0 Å². The van der Waals surface area contributed by atoms with Crippen LogP contribution in [0.1, 0.15) is 19.8 Å². The molecule has 0 amide bonds. The Morgan fingerprint density at radius 3 is 2.39 bits per heavy atom. The number of halogens is 2. The number of anilines is 2. The molecule has 0 aromatic heterocycles. The average Bonchev–Trinajstić information content (AvgIpc) is 2.71. The van der Waals surface area contributed by atoms with Crippen molar-refractivity contribution in [3.05, 3.63) is 52.5 Å². The molecule has 1 heterocycles. The minimum absolute atomic E-state index is 0.0232. The number of ether oxygens (including phenoxy) is 1. The Morgan fingerprint density at radius 1 is 1.07 bits per heavy atom. The molecule has 28 heavy (non-hydrogen) atoms. The fraction of sp³-hybridized carbons (Fsp3) is 0.400. The summed E-state index contributed by atoms with van der Waals surface area (Å²) in [6.07, 6.45) is 1.61. The van der Waals surface area contributed by atoms with Crippen LogP contribution in [0.4, 0.5) is 11.4 Å². The van der Waals surface area contributed by atoms with Gasteiger partial charge >= 0.3 is 0 Å². The molecular weight excluding hydrogens is 419 g/mol. The molecule has 0 spiro atoms. The predicted octanol–water partition coefficient (Wildman–Crippen LogP) is 4.83. The number of morpholine rings is 1. The fourth-order valence-electron chi connectivity index (χ4n) is 3.13. The zero-order valence-corrected chi connectivity index (χ0v) is 18.1. The first kappa shape index (κ1) is 21.2. The van der Waals surface area contributed by atoms with Crippen molar-refractivity contribution in [2.24, 2.45) is 0 Å². The van der Waals surface area contributed by atoms with E-state index in [4.69, 9.17) is 27.9 Å². The number of nitrogens with zero attached hydrogens (tertiary/aromatic N) is 2. The maximum atomic E-state index is 13.4. The number of hydrogen-bond acceptors (Lipinski definition) is 4. The van der Waals surface area contributed by atoms with Crippen molar-refractivity contribution >= 4 is 44.6 Å². The van der Waals surface area contributed by atoms with Gasteiger partial charge in [-0.1, -0.05) is 36.5 Å². The van der Waals surface area contributed by atoms with Gasteiger partial charge in [-0.05, 0) is 48.9 Å². The summed E-state index contributed by atoms with van der Waals surface area (Å²) in [6, 6.07) is 12.1. The van der Waals surface area contributed by atoms with Crippen LogP contribution >= 0.6 is 23.2 Å². The highest BCUT2D eigenvalue weighted by atomic mass is 35.5. The molecule has 0 unspecified atom stereocenters. The van der Waals surface area contributed by atoms with Crippen molar-refractivity contribution in [2.45, 2.75) is 24.7 Å². The summed E-state index contributed by atoms with van der Waals surface area (Å²) in [6.45, 7) is 5.46. The van der Waals surface area contributed by atoms with Crippen LogP contribution in [-0.2, 0) is 14.8 Å². The first-order chi connectivity index (χ1) is 13.4. The lowest BCUT2D eigenvalue weighted by molar-refractivity contribution is 0.122. The fourth-order valence-corrected chi connectivity index (χ4v) is 5.38. The summed E-state index contributed by atoms with van der Waals surface area (Å²) in [5.41, 5.74) is 1.67. The summed E-state index contributed by atoms with van der Waals surface area (Å²) in [7, 11) is -3.83. The number of benzene rings is 2. The maximum Gasteiger partial charge on any atom is 0.265 e. The Kier molecular flexibility index (Phi) is 7.10. The van der Waals surface area contributed by atoms with E-state index in [0.717, 1.165) is 31.6 Å².